The molecule has 0 bridgehead atoms. The fourth-order valence-electron chi connectivity index (χ4n) is 3.27. The monoisotopic (exact) mass is 351 g/mol. The minimum absolute atomic E-state index is 0.142. The molecule has 0 radical (unpaired) electrons. The topological polar surface area (TPSA) is 101 Å². The third-order valence-corrected chi connectivity index (χ3v) is 6.53. The van der Waals surface area contributed by atoms with Crippen LogP contribution in [-0.2, 0) is 14.8 Å². The van der Waals surface area contributed by atoms with Crippen LogP contribution in [0.25, 0.3) is 0 Å². The van der Waals surface area contributed by atoms with E-state index in [4.69, 9.17) is 5.73 Å². The molecule has 1 aromatic rings. The number of rotatable bonds is 3. The Morgan fingerprint density at radius 2 is 1.83 bits per heavy atom. The van der Waals surface area contributed by atoms with Gasteiger partial charge in [-0.1, -0.05) is 6.07 Å². The molecule has 7 nitrogen and oxygen atoms in total. The molecule has 2 saturated heterocycles. The summed E-state index contributed by atoms with van der Waals surface area (Å²) in [5.74, 6) is -0.485. The van der Waals surface area contributed by atoms with Gasteiger partial charge in [0.1, 0.15) is 0 Å². The minimum atomic E-state index is -3.27. The number of carbonyl (C=O) groups is 2. The standard InChI is InChI=1S/C16H21N3O4S/c17-15(20)12-5-8-18(9-6-12)16(21)13-3-1-4-14(11-13)19-7-2-10-24(19,22)23/h1,3-4,11-12H,2,5-10H2,(H2,17,20). The van der Waals surface area contributed by atoms with Crippen molar-refractivity contribution in [3.63, 3.8) is 0 Å². The van der Waals surface area contributed by atoms with Crippen molar-refractivity contribution in [3.8, 4) is 0 Å². The van der Waals surface area contributed by atoms with Crippen LogP contribution in [0.15, 0.2) is 24.3 Å². The molecule has 0 unspecified atom stereocenters. The second-order valence-electron chi connectivity index (χ2n) is 6.26. The Bertz CT molecular complexity index is 754. The van der Waals surface area contributed by atoms with Gasteiger partial charge in [0.05, 0.1) is 11.4 Å². The normalized spacial score (nSPS) is 21.0. The van der Waals surface area contributed by atoms with Gasteiger partial charge in [-0.15, -0.1) is 0 Å². The molecule has 2 fully saturated rings. The first-order chi connectivity index (χ1) is 11.4. The Balaban J connectivity index is 1.75. The van der Waals surface area contributed by atoms with Crippen LogP contribution in [0.2, 0.25) is 0 Å². The lowest BCUT2D eigenvalue weighted by molar-refractivity contribution is -0.123. The maximum Gasteiger partial charge on any atom is 0.253 e. The highest BCUT2D eigenvalue weighted by Gasteiger charge is 2.30. The number of sulfonamides is 1. The first kappa shape index (κ1) is 16.8. The molecular weight excluding hydrogens is 330 g/mol. The van der Waals surface area contributed by atoms with Crippen molar-refractivity contribution in [1.29, 1.82) is 0 Å². The van der Waals surface area contributed by atoms with Crippen molar-refractivity contribution >= 4 is 27.5 Å². The molecule has 2 heterocycles. The molecule has 0 atom stereocenters. The number of nitrogens with zero attached hydrogens (tertiary/aromatic N) is 2. The Kier molecular flexibility index (Phi) is 4.49. The molecule has 2 aliphatic rings. The molecule has 24 heavy (non-hydrogen) atoms. The van der Waals surface area contributed by atoms with Crippen molar-refractivity contribution in [2.45, 2.75) is 19.3 Å². The van der Waals surface area contributed by atoms with Crippen LogP contribution in [0.4, 0.5) is 5.69 Å². The number of carbonyl (C=O) groups excluding carboxylic acids is 2. The number of piperidine rings is 1. The number of hydrogen-bond acceptors (Lipinski definition) is 4. The lowest BCUT2D eigenvalue weighted by atomic mass is 9.96. The Morgan fingerprint density at radius 1 is 1.12 bits per heavy atom. The molecule has 0 aliphatic carbocycles. The highest BCUT2D eigenvalue weighted by Crippen LogP contribution is 2.26. The summed E-state index contributed by atoms with van der Waals surface area (Å²) in [7, 11) is -3.27. The quantitative estimate of drug-likeness (QED) is 0.860. The second-order valence-corrected chi connectivity index (χ2v) is 8.27. The molecule has 0 saturated carbocycles. The Hall–Kier alpha value is -2.09. The highest BCUT2D eigenvalue weighted by molar-refractivity contribution is 7.93. The third-order valence-electron chi connectivity index (χ3n) is 4.66. The van der Waals surface area contributed by atoms with E-state index < -0.39 is 10.0 Å². The lowest BCUT2D eigenvalue weighted by Gasteiger charge is -2.30. The Morgan fingerprint density at radius 3 is 2.42 bits per heavy atom. The zero-order chi connectivity index (χ0) is 17.3. The molecule has 0 spiro atoms. The van der Waals surface area contributed by atoms with Crippen LogP contribution < -0.4 is 10.0 Å². The molecule has 3 rings (SSSR count). The number of nitrogens with two attached hydrogens (primary N) is 1. The van der Waals surface area contributed by atoms with E-state index in [1.54, 1.807) is 29.2 Å². The van der Waals surface area contributed by atoms with Gasteiger partial charge in [0.2, 0.25) is 15.9 Å². The summed E-state index contributed by atoms with van der Waals surface area (Å²) in [5, 5.41) is 0. The number of amides is 2. The zero-order valence-corrected chi connectivity index (χ0v) is 14.2. The first-order valence-corrected chi connectivity index (χ1v) is 9.68. The van der Waals surface area contributed by atoms with E-state index in [9.17, 15) is 18.0 Å². The summed E-state index contributed by atoms with van der Waals surface area (Å²) < 4.78 is 25.4. The van der Waals surface area contributed by atoms with E-state index in [1.807, 2.05) is 0 Å². The van der Waals surface area contributed by atoms with Crippen LogP contribution in [-0.4, -0.2) is 50.5 Å². The van der Waals surface area contributed by atoms with E-state index >= 15 is 0 Å². The molecule has 0 aromatic heterocycles. The fourth-order valence-corrected chi connectivity index (χ4v) is 4.83. The average molecular weight is 351 g/mol. The van der Waals surface area contributed by atoms with E-state index in [2.05, 4.69) is 0 Å². The van der Waals surface area contributed by atoms with E-state index in [1.165, 1.54) is 4.31 Å². The summed E-state index contributed by atoms with van der Waals surface area (Å²) in [4.78, 5) is 25.5. The molecule has 1 aromatic carbocycles. The van der Waals surface area contributed by atoms with Crippen molar-refractivity contribution < 1.29 is 18.0 Å². The molecule has 8 heteroatoms. The number of primary amides is 1. The van der Waals surface area contributed by atoms with Crippen LogP contribution in [0.5, 0.6) is 0 Å². The van der Waals surface area contributed by atoms with Gasteiger partial charge >= 0.3 is 0 Å². The number of hydrogen-bond donors (Lipinski definition) is 1. The number of benzene rings is 1. The van der Waals surface area contributed by atoms with Gasteiger partial charge in [-0.25, -0.2) is 8.42 Å². The lowest BCUT2D eigenvalue weighted by Crippen LogP contribution is -2.41. The van der Waals surface area contributed by atoms with E-state index in [-0.39, 0.29) is 23.5 Å². The van der Waals surface area contributed by atoms with Crippen molar-refractivity contribution in [2.75, 3.05) is 29.7 Å². The number of likely N-dealkylation sites (tertiary alicyclic amines) is 1. The predicted octanol–water partition coefficient (Wildman–Crippen LogP) is 0.564. The predicted molar refractivity (Wildman–Crippen MR) is 90.0 cm³/mol. The van der Waals surface area contributed by atoms with Gasteiger partial charge in [0, 0.05) is 31.1 Å². The van der Waals surface area contributed by atoms with Crippen LogP contribution in [0.3, 0.4) is 0 Å². The average Bonchev–Trinajstić information content (AvgIpc) is 2.93. The van der Waals surface area contributed by atoms with Gasteiger partial charge in [0.25, 0.3) is 5.91 Å². The SMILES string of the molecule is NC(=O)C1CCN(C(=O)c2cccc(N3CCCS3(=O)=O)c2)CC1. The fraction of sp³-hybridized carbons (Fsp3) is 0.500. The summed E-state index contributed by atoms with van der Waals surface area (Å²) in [5.41, 5.74) is 6.31. The van der Waals surface area contributed by atoms with Gasteiger partial charge in [-0.05, 0) is 37.5 Å². The van der Waals surface area contributed by atoms with Gasteiger partial charge in [-0.2, -0.15) is 0 Å². The summed E-state index contributed by atoms with van der Waals surface area (Å²) >= 11 is 0. The zero-order valence-electron chi connectivity index (χ0n) is 13.3. The largest absolute Gasteiger partial charge is 0.369 e. The molecule has 2 aliphatic heterocycles. The summed E-state index contributed by atoms with van der Waals surface area (Å²) in [6.07, 6.45) is 1.74. The molecular formula is C16H21N3O4S. The molecule has 2 N–H and O–H groups in total. The third kappa shape index (κ3) is 3.24. The van der Waals surface area contributed by atoms with E-state index in [0.29, 0.717) is 50.1 Å². The second kappa shape index (κ2) is 6.43. The summed E-state index contributed by atoms with van der Waals surface area (Å²) in [6, 6.07) is 6.73. The van der Waals surface area contributed by atoms with Gasteiger partial charge in [-0.3, -0.25) is 13.9 Å². The first-order valence-electron chi connectivity index (χ1n) is 8.07. The highest BCUT2D eigenvalue weighted by atomic mass is 32.2. The smallest absolute Gasteiger partial charge is 0.253 e. The van der Waals surface area contributed by atoms with Gasteiger partial charge < -0.3 is 10.6 Å². The van der Waals surface area contributed by atoms with E-state index in [0.717, 1.165) is 0 Å². The Labute approximate surface area is 141 Å². The van der Waals surface area contributed by atoms with Crippen molar-refractivity contribution in [2.24, 2.45) is 11.7 Å². The van der Waals surface area contributed by atoms with Crippen LogP contribution in [0, 0.1) is 5.92 Å². The van der Waals surface area contributed by atoms with Crippen LogP contribution >= 0.6 is 0 Å². The van der Waals surface area contributed by atoms with Gasteiger partial charge in [0.15, 0.2) is 0 Å². The maximum atomic E-state index is 12.6. The van der Waals surface area contributed by atoms with Crippen LogP contribution in [0.1, 0.15) is 29.6 Å². The van der Waals surface area contributed by atoms with Crippen molar-refractivity contribution in [3.05, 3.63) is 29.8 Å². The summed E-state index contributed by atoms with van der Waals surface area (Å²) in [6.45, 7) is 1.42. The van der Waals surface area contributed by atoms with Crippen molar-refractivity contribution in [1.82, 2.24) is 4.90 Å². The molecule has 2 amide bonds. The number of anilines is 1. The maximum absolute atomic E-state index is 12.6. The molecule has 130 valence electrons. The minimum Gasteiger partial charge on any atom is -0.369 e.